The van der Waals surface area contributed by atoms with Gasteiger partial charge >= 0.3 is 0 Å². The van der Waals surface area contributed by atoms with E-state index < -0.39 is 0 Å². The summed E-state index contributed by atoms with van der Waals surface area (Å²) in [5, 5.41) is 8.29. The molecule has 0 atom stereocenters. The van der Waals surface area contributed by atoms with E-state index in [0.29, 0.717) is 12.4 Å². The van der Waals surface area contributed by atoms with E-state index in [2.05, 4.69) is 35.2 Å². The molecule has 0 saturated heterocycles. The van der Waals surface area contributed by atoms with Crippen LogP contribution in [-0.2, 0) is 6.54 Å². The molecule has 4 aromatic rings. The van der Waals surface area contributed by atoms with Gasteiger partial charge < -0.3 is 10.1 Å². The Morgan fingerprint density at radius 3 is 2.72 bits per heavy atom. The predicted molar refractivity (Wildman–Crippen MR) is 114 cm³/mol. The van der Waals surface area contributed by atoms with Crippen LogP contribution in [0.25, 0.3) is 22.3 Å². The minimum atomic E-state index is 0.214. The Morgan fingerprint density at radius 1 is 1.17 bits per heavy atom. The van der Waals surface area contributed by atoms with Crippen LogP contribution in [0, 0.1) is 6.92 Å². The highest BCUT2D eigenvalue weighted by Crippen LogP contribution is 2.32. The van der Waals surface area contributed by atoms with Crippen LogP contribution in [0.1, 0.15) is 31.1 Å². The van der Waals surface area contributed by atoms with Crippen LogP contribution in [-0.4, -0.2) is 31.8 Å². The van der Waals surface area contributed by atoms with Crippen molar-refractivity contribution in [2.75, 3.05) is 12.4 Å². The molecule has 29 heavy (non-hydrogen) atoms. The summed E-state index contributed by atoms with van der Waals surface area (Å²) < 4.78 is 7.41. The lowest BCUT2D eigenvalue weighted by Gasteiger charge is -2.15. The second-order valence-electron chi connectivity index (χ2n) is 7.14. The Morgan fingerprint density at radius 2 is 2.00 bits per heavy atom. The maximum atomic E-state index is 5.39. The number of hydrogen-bond acceptors (Lipinski definition) is 6. The molecule has 0 unspecified atom stereocenters. The summed E-state index contributed by atoms with van der Waals surface area (Å²) in [4.78, 5) is 13.4. The van der Waals surface area contributed by atoms with Crippen molar-refractivity contribution in [3.05, 3.63) is 60.2 Å². The first-order chi connectivity index (χ1) is 14.1. The van der Waals surface area contributed by atoms with Crippen LogP contribution in [0.4, 0.5) is 5.69 Å². The lowest BCUT2D eigenvalue weighted by atomic mass is 10.1. The summed E-state index contributed by atoms with van der Waals surface area (Å²) in [6.07, 6.45) is 5.31. The van der Waals surface area contributed by atoms with Crippen LogP contribution in [0.2, 0.25) is 0 Å². The van der Waals surface area contributed by atoms with Crippen LogP contribution < -0.4 is 10.1 Å². The zero-order chi connectivity index (χ0) is 20.4. The third-order valence-electron chi connectivity index (χ3n) is 4.78. The largest absolute Gasteiger partial charge is 0.481 e. The van der Waals surface area contributed by atoms with Crippen LogP contribution in [0.3, 0.4) is 0 Å². The number of pyridine rings is 3. The Hall–Kier alpha value is -3.48. The van der Waals surface area contributed by atoms with Crippen molar-refractivity contribution < 1.29 is 4.74 Å². The van der Waals surface area contributed by atoms with Crippen LogP contribution in [0.15, 0.2) is 48.9 Å². The molecule has 0 saturated carbocycles. The van der Waals surface area contributed by atoms with Gasteiger partial charge in [0.2, 0.25) is 5.88 Å². The lowest BCUT2D eigenvalue weighted by Crippen LogP contribution is -2.08. The van der Waals surface area contributed by atoms with Gasteiger partial charge in [0.05, 0.1) is 24.2 Å². The standard InChI is InChI=1S/C22H24N6O/c1-14(2)28-21-19(25-13-17-8-6-10-24-22(17)29-4)11-18(16-7-5-9-23-12-16)26-20(21)15(3)27-28/h5-12,14H,13H2,1-4H3,(H,25,26). The summed E-state index contributed by atoms with van der Waals surface area (Å²) in [6.45, 7) is 6.81. The third kappa shape index (κ3) is 3.63. The Kier molecular flexibility index (Phi) is 5.12. The molecular weight excluding hydrogens is 364 g/mol. The van der Waals surface area contributed by atoms with Gasteiger partial charge in [-0.15, -0.1) is 0 Å². The Labute approximate surface area is 169 Å². The number of ether oxygens (including phenoxy) is 1. The quantitative estimate of drug-likeness (QED) is 0.527. The van der Waals surface area contributed by atoms with Gasteiger partial charge in [0.15, 0.2) is 0 Å². The summed E-state index contributed by atoms with van der Waals surface area (Å²) in [6, 6.07) is 10.1. The molecule has 4 heterocycles. The molecule has 4 rings (SSSR count). The third-order valence-corrected chi connectivity index (χ3v) is 4.78. The molecule has 0 fully saturated rings. The SMILES string of the molecule is COc1ncccc1CNc1cc(-c2cccnc2)nc2c(C)nn(C(C)C)c12. The van der Waals surface area contributed by atoms with Gasteiger partial charge in [-0.1, -0.05) is 6.07 Å². The minimum absolute atomic E-state index is 0.214. The number of aryl methyl sites for hydroxylation is 1. The fourth-order valence-electron chi connectivity index (χ4n) is 3.38. The van der Waals surface area contributed by atoms with Crippen LogP contribution in [0.5, 0.6) is 5.88 Å². The van der Waals surface area contributed by atoms with Crippen molar-refractivity contribution >= 4 is 16.7 Å². The first-order valence-electron chi connectivity index (χ1n) is 9.60. The number of rotatable bonds is 6. The number of anilines is 1. The molecule has 7 nitrogen and oxygen atoms in total. The van der Waals surface area contributed by atoms with Crippen molar-refractivity contribution in [1.82, 2.24) is 24.7 Å². The molecule has 0 amide bonds. The van der Waals surface area contributed by atoms with Crippen molar-refractivity contribution in [2.45, 2.75) is 33.4 Å². The van der Waals surface area contributed by atoms with E-state index in [1.54, 1.807) is 19.5 Å². The van der Waals surface area contributed by atoms with E-state index in [4.69, 9.17) is 14.8 Å². The molecule has 0 aliphatic carbocycles. The molecule has 0 radical (unpaired) electrons. The maximum Gasteiger partial charge on any atom is 0.218 e. The number of nitrogens with one attached hydrogen (secondary N) is 1. The average Bonchev–Trinajstić information content (AvgIpc) is 3.10. The molecular formula is C22H24N6O. The van der Waals surface area contributed by atoms with Crippen LogP contribution >= 0.6 is 0 Å². The smallest absolute Gasteiger partial charge is 0.218 e. The maximum absolute atomic E-state index is 5.39. The predicted octanol–water partition coefficient (Wildman–Crippen LogP) is 4.40. The fraction of sp³-hybridized carbons (Fsp3) is 0.273. The lowest BCUT2D eigenvalue weighted by molar-refractivity contribution is 0.393. The van der Waals surface area contributed by atoms with Crippen molar-refractivity contribution in [1.29, 1.82) is 0 Å². The molecule has 7 heteroatoms. The molecule has 1 N–H and O–H groups in total. The van der Waals surface area contributed by atoms with E-state index in [1.165, 1.54) is 0 Å². The highest BCUT2D eigenvalue weighted by atomic mass is 16.5. The number of hydrogen-bond donors (Lipinski definition) is 1. The Bertz CT molecular complexity index is 1140. The summed E-state index contributed by atoms with van der Waals surface area (Å²) in [5.41, 5.74) is 6.56. The Balaban J connectivity index is 1.83. The summed E-state index contributed by atoms with van der Waals surface area (Å²) >= 11 is 0. The van der Waals surface area contributed by atoms with Crippen molar-refractivity contribution in [2.24, 2.45) is 0 Å². The van der Waals surface area contributed by atoms with Gasteiger partial charge in [-0.05, 0) is 45.0 Å². The second-order valence-corrected chi connectivity index (χ2v) is 7.14. The molecule has 0 spiro atoms. The van der Waals surface area contributed by atoms with Crippen molar-refractivity contribution in [3.63, 3.8) is 0 Å². The molecule has 0 aliphatic rings. The van der Waals surface area contributed by atoms with E-state index in [9.17, 15) is 0 Å². The van der Waals surface area contributed by atoms with Gasteiger partial charge in [0, 0.05) is 42.3 Å². The topological polar surface area (TPSA) is 77.8 Å². The number of fused-ring (bicyclic) bond motifs is 1. The van der Waals surface area contributed by atoms with Gasteiger partial charge in [-0.25, -0.2) is 9.97 Å². The minimum Gasteiger partial charge on any atom is -0.481 e. The normalized spacial score (nSPS) is 11.2. The number of nitrogens with zero attached hydrogens (tertiary/aromatic N) is 5. The van der Waals surface area contributed by atoms with Gasteiger partial charge in [-0.2, -0.15) is 5.10 Å². The molecule has 0 aromatic carbocycles. The van der Waals surface area contributed by atoms with Gasteiger partial charge in [-0.3, -0.25) is 9.67 Å². The second kappa shape index (κ2) is 7.87. The number of aromatic nitrogens is 5. The van der Waals surface area contributed by atoms with E-state index in [-0.39, 0.29) is 6.04 Å². The molecule has 0 bridgehead atoms. The highest BCUT2D eigenvalue weighted by molar-refractivity contribution is 5.92. The number of methoxy groups -OCH3 is 1. The molecule has 0 aliphatic heterocycles. The van der Waals surface area contributed by atoms with Gasteiger partial charge in [0.1, 0.15) is 11.0 Å². The first-order valence-corrected chi connectivity index (χ1v) is 9.60. The average molecular weight is 388 g/mol. The van der Waals surface area contributed by atoms with E-state index in [0.717, 1.165) is 39.2 Å². The zero-order valence-corrected chi connectivity index (χ0v) is 17.0. The highest BCUT2D eigenvalue weighted by Gasteiger charge is 2.18. The van der Waals surface area contributed by atoms with E-state index >= 15 is 0 Å². The summed E-state index contributed by atoms with van der Waals surface area (Å²) in [7, 11) is 1.63. The fourth-order valence-corrected chi connectivity index (χ4v) is 3.38. The first kappa shape index (κ1) is 18.9. The molecule has 148 valence electrons. The molecule has 4 aromatic heterocycles. The summed E-state index contributed by atoms with van der Waals surface area (Å²) in [5.74, 6) is 0.617. The van der Waals surface area contributed by atoms with Crippen molar-refractivity contribution in [3.8, 4) is 17.1 Å². The van der Waals surface area contributed by atoms with Gasteiger partial charge in [0.25, 0.3) is 0 Å². The monoisotopic (exact) mass is 388 g/mol. The zero-order valence-electron chi connectivity index (χ0n) is 17.0. The van der Waals surface area contributed by atoms with E-state index in [1.807, 2.05) is 42.1 Å².